The molecule has 0 aromatic heterocycles. The Balaban J connectivity index is 2.02. The molecule has 0 unspecified atom stereocenters. The Labute approximate surface area is 159 Å². The van der Waals surface area contributed by atoms with Gasteiger partial charge < -0.3 is 30.1 Å². The van der Waals surface area contributed by atoms with Crippen LogP contribution in [0.5, 0.6) is 5.75 Å². The second-order valence-electron chi connectivity index (χ2n) is 7.30. The highest BCUT2D eigenvalue weighted by atomic mass is 16.5. The van der Waals surface area contributed by atoms with Crippen molar-refractivity contribution in [1.29, 1.82) is 0 Å². The molecule has 27 heavy (non-hydrogen) atoms. The highest BCUT2D eigenvalue weighted by Crippen LogP contribution is 2.34. The molecule has 1 heterocycles. The van der Waals surface area contributed by atoms with Gasteiger partial charge in [0.25, 0.3) is 5.91 Å². The summed E-state index contributed by atoms with van der Waals surface area (Å²) in [6.45, 7) is 4.71. The lowest BCUT2D eigenvalue weighted by Crippen LogP contribution is -2.45. The number of methoxy groups -OCH3 is 1. The summed E-state index contributed by atoms with van der Waals surface area (Å²) in [5.74, 6) is 0.335. The molecule has 8 nitrogen and oxygen atoms in total. The van der Waals surface area contributed by atoms with Gasteiger partial charge in [0.15, 0.2) is 0 Å². The molecule has 3 N–H and O–H groups in total. The van der Waals surface area contributed by atoms with Gasteiger partial charge in [0.2, 0.25) is 5.91 Å². The average molecular weight is 379 g/mol. The summed E-state index contributed by atoms with van der Waals surface area (Å²) in [5, 5.41) is 15.2. The third-order valence-electron chi connectivity index (χ3n) is 4.31. The van der Waals surface area contributed by atoms with Crippen LogP contribution >= 0.6 is 0 Å². The minimum Gasteiger partial charge on any atom is -0.489 e. The van der Waals surface area contributed by atoms with Gasteiger partial charge in [0.05, 0.1) is 30.4 Å². The fraction of sp³-hybridized carbons (Fsp3) is 0.579. The van der Waals surface area contributed by atoms with E-state index in [1.807, 2.05) is 11.9 Å². The van der Waals surface area contributed by atoms with E-state index in [4.69, 9.17) is 9.47 Å². The molecule has 1 atom stereocenters. The molecule has 0 fully saturated rings. The number of hydrogen-bond donors (Lipinski definition) is 3. The van der Waals surface area contributed by atoms with Gasteiger partial charge in [-0.3, -0.25) is 9.59 Å². The quantitative estimate of drug-likeness (QED) is 0.570. The molecular formula is C19H29N3O5. The zero-order valence-electron chi connectivity index (χ0n) is 16.4. The number of nitrogens with zero attached hydrogens (tertiary/aromatic N) is 1. The number of carbonyl (C=O) groups excluding carboxylic acids is 2. The molecule has 150 valence electrons. The van der Waals surface area contributed by atoms with E-state index in [1.54, 1.807) is 39.2 Å². The molecule has 1 aliphatic heterocycles. The minimum atomic E-state index is -0.956. The van der Waals surface area contributed by atoms with Gasteiger partial charge in [-0.15, -0.1) is 0 Å². The molecule has 0 saturated carbocycles. The summed E-state index contributed by atoms with van der Waals surface area (Å²) < 4.78 is 10.7. The van der Waals surface area contributed by atoms with Crippen LogP contribution in [0.25, 0.3) is 0 Å². The Kier molecular flexibility index (Phi) is 7.04. The van der Waals surface area contributed by atoms with Crippen molar-refractivity contribution in [2.24, 2.45) is 0 Å². The van der Waals surface area contributed by atoms with Crippen LogP contribution in [-0.4, -0.2) is 69.0 Å². The van der Waals surface area contributed by atoms with E-state index < -0.39 is 5.60 Å². The standard InChI is InChI=1S/C19H29N3O5/c1-19(2,25)12-21-17(23)10-14-11-27-16-6-5-13(9-15(16)22(14)3)18(24)20-7-8-26-4/h5-6,9,14,25H,7-8,10-12H2,1-4H3,(H,20,24)(H,21,23)/t14-/m0/s1. The molecular weight excluding hydrogens is 350 g/mol. The maximum absolute atomic E-state index is 12.2. The normalized spacial score (nSPS) is 16.3. The third-order valence-corrected chi connectivity index (χ3v) is 4.31. The topological polar surface area (TPSA) is 100 Å². The summed E-state index contributed by atoms with van der Waals surface area (Å²) in [6.07, 6.45) is 0.232. The van der Waals surface area contributed by atoms with Gasteiger partial charge >= 0.3 is 0 Å². The Morgan fingerprint density at radius 2 is 2.11 bits per heavy atom. The van der Waals surface area contributed by atoms with Crippen LogP contribution in [0.1, 0.15) is 30.6 Å². The third kappa shape index (κ3) is 6.11. The highest BCUT2D eigenvalue weighted by molar-refractivity contribution is 5.95. The summed E-state index contributed by atoms with van der Waals surface area (Å²) in [7, 11) is 3.46. The van der Waals surface area contributed by atoms with E-state index >= 15 is 0 Å². The largest absolute Gasteiger partial charge is 0.489 e. The number of fused-ring (bicyclic) bond motifs is 1. The number of ether oxygens (including phenoxy) is 2. The van der Waals surface area contributed by atoms with E-state index in [0.717, 1.165) is 5.69 Å². The van der Waals surface area contributed by atoms with Crippen LogP contribution in [0.3, 0.4) is 0 Å². The molecule has 0 bridgehead atoms. The summed E-state index contributed by atoms with van der Waals surface area (Å²) in [6, 6.07) is 5.08. The Hall–Kier alpha value is -2.32. The molecule has 1 aromatic rings. The average Bonchev–Trinajstić information content (AvgIpc) is 2.62. The number of aliphatic hydroxyl groups is 1. The van der Waals surface area contributed by atoms with Crippen LogP contribution in [0, 0.1) is 0 Å². The van der Waals surface area contributed by atoms with E-state index in [0.29, 0.717) is 31.1 Å². The summed E-state index contributed by atoms with van der Waals surface area (Å²) in [5.41, 5.74) is 0.329. The first-order chi connectivity index (χ1) is 12.7. The lowest BCUT2D eigenvalue weighted by atomic mass is 10.1. The molecule has 1 aliphatic rings. The number of amides is 2. The number of hydrogen-bond acceptors (Lipinski definition) is 6. The monoisotopic (exact) mass is 379 g/mol. The predicted octanol–water partition coefficient (Wildman–Crippen LogP) is 0.537. The van der Waals surface area contributed by atoms with Crippen molar-refractivity contribution < 1.29 is 24.2 Å². The predicted molar refractivity (Wildman–Crippen MR) is 102 cm³/mol. The molecule has 0 radical (unpaired) electrons. The van der Waals surface area contributed by atoms with Crippen molar-refractivity contribution in [1.82, 2.24) is 10.6 Å². The van der Waals surface area contributed by atoms with Gasteiger partial charge in [-0.1, -0.05) is 0 Å². The van der Waals surface area contributed by atoms with Crippen molar-refractivity contribution in [2.75, 3.05) is 45.4 Å². The van der Waals surface area contributed by atoms with E-state index in [9.17, 15) is 14.7 Å². The van der Waals surface area contributed by atoms with Gasteiger partial charge in [-0.05, 0) is 32.0 Å². The van der Waals surface area contributed by atoms with Gasteiger partial charge in [0.1, 0.15) is 12.4 Å². The number of nitrogens with one attached hydrogen (secondary N) is 2. The van der Waals surface area contributed by atoms with Crippen LogP contribution in [0.4, 0.5) is 5.69 Å². The zero-order chi connectivity index (χ0) is 20.0. The van der Waals surface area contributed by atoms with Crippen molar-refractivity contribution in [3.8, 4) is 5.75 Å². The van der Waals surface area contributed by atoms with Crippen molar-refractivity contribution in [2.45, 2.75) is 31.9 Å². The van der Waals surface area contributed by atoms with Gasteiger partial charge in [0, 0.05) is 32.8 Å². The van der Waals surface area contributed by atoms with E-state index in [1.165, 1.54) is 0 Å². The molecule has 8 heteroatoms. The molecule has 2 rings (SSSR count). The minimum absolute atomic E-state index is 0.158. The number of benzene rings is 1. The van der Waals surface area contributed by atoms with Crippen molar-refractivity contribution >= 4 is 17.5 Å². The van der Waals surface area contributed by atoms with E-state index in [-0.39, 0.29) is 30.8 Å². The lowest BCUT2D eigenvalue weighted by molar-refractivity contribution is -0.122. The molecule has 0 aliphatic carbocycles. The van der Waals surface area contributed by atoms with Gasteiger partial charge in [-0.25, -0.2) is 0 Å². The smallest absolute Gasteiger partial charge is 0.251 e. The number of anilines is 1. The van der Waals surface area contributed by atoms with Crippen molar-refractivity contribution in [3.63, 3.8) is 0 Å². The Morgan fingerprint density at radius 1 is 1.37 bits per heavy atom. The van der Waals surface area contributed by atoms with Crippen LogP contribution in [-0.2, 0) is 9.53 Å². The SMILES string of the molecule is COCCNC(=O)c1ccc2c(c1)N(C)[C@@H](CC(=O)NCC(C)(C)O)CO2. The summed E-state index contributed by atoms with van der Waals surface area (Å²) in [4.78, 5) is 26.3. The number of rotatable bonds is 8. The van der Waals surface area contributed by atoms with Gasteiger partial charge in [-0.2, -0.15) is 0 Å². The molecule has 0 spiro atoms. The summed E-state index contributed by atoms with van der Waals surface area (Å²) >= 11 is 0. The maximum Gasteiger partial charge on any atom is 0.251 e. The number of carbonyl (C=O) groups is 2. The lowest BCUT2D eigenvalue weighted by Gasteiger charge is -2.36. The molecule has 1 aromatic carbocycles. The van der Waals surface area contributed by atoms with E-state index in [2.05, 4.69) is 10.6 Å². The zero-order valence-corrected chi connectivity index (χ0v) is 16.4. The second kappa shape index (κ2) is 9.05. The second-order valence-corrected chi connectivity index (χ2v) is 7.30. The first kappa shape index (κ1) is 21.0. The van der Waals surface area contributed by atoms with Crippen LogP contribution in [0.15, 0.2) is 18.2 Å². The fourth-order valence-corrected chi connectivity index (χ4v) is 2.72. The first-order valence-electron chi connectivity index (χ1n) is 8.97. The maximum atomic E-state index is 12.2. The fourth-order valence-electron chi connectivity index (χ4n) is 2.72. The highest BCUT2D eigenvalue weighted by Gasteiger charge is 2.28. The Bertz CT molecular complexity index is 672. The van der Waals surface area contributed by atoms with Crippen LogP contribution in [0.2, 0.25) is 0 Å². The van der Waals surface area contributed by atoms with Crippen LogP contribution < -0.4 is 20.3 Å². The Morgan fingerprint density at radius 3 is 2.78 bits per heavy atom. The number of likely N-dealkylation sites (N-methyl/N-ethyl adjacent to an activating group) is 1. The molecule has 2 amide bonds. The first-order valence-corrected chi connectivity index (χ1v) is 8.97. The van der Waals surface area contributed by atoms with Crippen molar-refractivity contribution in [3.05, 3.63) is 23.8 Å². The molecule has 0 saturated heterocycles.